The van der Waals surface area contributed by atoms with Crippen LogP contribution in [0.15, 0.2) is 24.3 Å². The molecule has 1 rings (SSSR count). The lowest BCUT2D eigenvalue weighted by Crippen LogP contribution is -2.44. The van der Waals surface area contributed by atoms with Gasteiger partial charge < -0.3 is 9.84 Å². The minimum absolute atomic E-state index is 0.130. The third-order valence-electron chi connectivity index (χ3n) is 2.15. The second kappa shape index (κ2) is 5.59. The van der Waals surface area contributed by atoms with Crippen LogP contribution in [0.25, 0.3) is 0 Å². The molecule has 8 heteroatoms. The van der Waals surface area contributed by atoms with Crippen molar-refractivity contribution in [2.75, 3.05) is 18.6 Å². The van der Waals surface area contributed by atoms with Crippen molar-refractivity contribution in [1.82, 2.24) is 0 Å². The fraction of sp³-hybridized carbons (Fsp3) is 0.273. The predicted molar refractivity (Wildman–Crippen MR) is 59.0 cm³/mol. The highest BCUT2D eigenvalue weighted by molar-refractivity contribution is 6.00. The summed E-state index contributed by atoms with van der Waals surface area (Å²) in [6.45, 7) is -1.09. The molecule has 1 aromatic rings. The van der Waals surface area contributed by atoms with E-state index >= 15 is 0 Å². The molecule has 0 bridgehead atoms. The molecule has 19 heavy (non-hydrogen) atoms. The zero-order valence-corrected chi connectivity index (χ0v) is 9.77. The van der Waals surface area contributed by atoms with Crippen molar-refractivity contribution in [3.05, 3.63) is 24.3 Å². The van der Waals surface area contributed by atoms with Gasteiger partial charge in [-0.2, -0.15) is 13.2 Å². The Labute approximate surface area is 106 Å². The Kier molecular flexibility index (Phi) is 4.36. The van der Waals surface area contributed by atoms with E-state index in [9.17, 15) is 22.8 Å². The Morgan fingerprint density at radius 3 is 2.47 bits per heavy atom. The molecule has 1 aromatic carbocycles. The minimum atomic E-state index is -5.15. The van der Waals surface area contributed by atoms with Gasteiger partial charge in [-0.1, -0.05) is 6.07 Å². The summed E-state index contributed by atoms with van der Waals surface area (Å²) in [5.41, 5.74) is -0.205. The fourth-order valence-electron chi connectivity index (χ4n) is 1.35. The van der Waals surface area contributed by atoms with Crippen LogP contribution in [-0.4, -0.2) is 36.8 Å². The lowest BCUT2D eigenvalue weighted by molar-refractivity contribution is -0.170. The number of rotatable bonds is 4. The summed E-state index contributed by atoms with van der Waals surface area (Å²) in [4.78, 5) is 21.9. The number of ether oxygens (including phenoxy) is 1. The van der Waals surface area contributed by atoms with Crippen LogP contribution in [0.2, 0.25) is 0 Å². The normalized spacial score (nSPS) is 10.9. The molecule has 0 heterocycles. The van der Waals surface area contributed by atoms with E-state index < -0.39 is 24.6 Å². The average molecular weight is 277 g/mol. The average Bonchev–Trinajstić information content (AvgIpc) is 2.34. The predicted octanol–water partition coefficient (Wildman–Crippen LogP) is 1.68. The molecule has 0 aliphatic carbocycles. The zero-order chi connectivity index (χ0) is 14.6. The van der Waals surface area contributed by atoms with E-state index in [4.69, 9.17) is 9.84 Å². The Balaban J connectivity index is 3.16. The van der Waals surface area contributed by atoms with Crippen LogP contribution < -0.4 is 9.64 Å². The van der Waals surface area contributed by atoms with Crippen molar-refractivity contribution in [1.29, 1.82) is 0 Å². The molecule has 1 N–H and O–H groups in total. The quantitative estimate of drug-likeness (QED) is 0.909. The minimum Gasteiger partial charge on any atom is -0.497 e. The smallest absolute Gasteiger partial charge is 0.471 e. The van der Waals surface area contributed by atoms with Crippen LogP contribution >= 0.6 is 0 Å². The third-order valence-corrected chi connectivity index (χ3v) is 2.15. The number of carboxylic acids is 1. The summed E-state index contributed by atoms with van der Waals surface area (Å²) in [6, 6.07) is 5.15. The van der Waals surface area contributed by atoms with Crippen LogP contribution in [0.5, 0.6) is 5.75 Å². The van der Waals surface area contributed by atoms with E-state index in [-0.39, 0.29) is 16.3 Å². The molecular weight excluding hydrogens is 267 g/mol. The highest BCUT2D eigenvalue weighted by atomic mass is 19.4. The molecule has 104 valence electrons. The summed E-state index contributed by atoms with van der Waals surface area (Å²) < 4.78 is 42.0. The molecule has 0 aliphatic rings. The maximum atomic E-state index is 12.4. The molecule has 1 amide bonds. The lowest BCUT2D eigenvalue weighted by atomic mass is 10.2. The maximum Gasteiger partial charge on any atom is 0.471 e. The van der Waals surface area contributed by atoms with Crippen LogP contribution in [0.1, 0.15) is 0 Å². The lowest BCUT2D eigenvalue weighted by Gasteiger charge is -2.22. The van der Waals surface area contributed by atoms with E-state index in [0.717, 1.165) is 6.07 Å². The van der Waals surface area contributed by atoms with Crippen LogP contribution in [-0.2, 0) is 9.59 Å². The van der Waals surface area contributed by atoms with Gasteiger partial charge in [0.05, 0.1) is 7.11 Å². The number of anilines is 1. The van der Waals surface area contributed by atoms with Crippen molar-refractivity contribution in [3.8, 4) is 5.75 Å². The second-order valence-corrected chi connectivity index (χ2v) is 3.48. The number of aliphatic carboxylic acids is 1. The summed E-state index contributed by atoms with van der Waals surface area (Å²) in [5.74, 6) is -3.59. The van der Waals surface area contributed by atoms with Gasteiger partial charge in [0.15, 0.2) is 0 Å². The van der Waals surface area contributed by atoms with E-state index in [0.29, 0.717) is 0 Å². The number of carboxylic acid groups (broad SMARTS) is 1. The van der Waals surface area contributed by atoms with Crippen molar-refractivity contribution < 1.29 is 32.6 Å². The van der Waals surface area contributed by atoms with Gasteiger partial charge in [0, 0.05) is 11.8 Å². The van der Waals surface area contributed by atoms with Gasteiger partial charge in [0.2, 0.25) is 0 Å². The summed E-state index contributed by atoms with van der Waals surface area (Å²) in [6.07, 6.45) is -5.15. The van der Waals surface area contributed by atoms with Crippen LogP contribution in [0, 0.1) is 0 Å². The number of methoxy groups -OCH3 is 1. The molecule has 0 unspecified atom stereocenters. The number of hydrogen-bond acceptors (Lipinski definition) is 3. The molecule has 0 spiro atoms. The first-order valence-corrected chi connectivity index (χ1v) is 5.00. The molecule has 0 aromatic heterocycles. The number of halogens is 3. The van der Waals surface area contributed by atoms with E-state index in [2.05, 4.69) is 0 Å². The Morgan fingerprint density at radius 2 is 2.00 bits per heavy atom. The van der Waals surface area contributed by atoms with Crippen molar-refractivity contribution >= 4 is 17.6 Å². The number of carbonyl (C=O) groups is 2. The molecule has 0 aliphatic heterocycles. The fourth-order valence-corrected chi connectivity index (χ4v) is 1.35. The van der Waals surface area contributed by atoms with E-state index in [1.165, 1.54) is 25.3 Å². The summed E-state index contributed by atoms with van der Waals surface area (Å²) in [7, 11) is 1.30. The van der Waals surface area contributed by atoms with Gasteiger partial charge in [-0.15, -0.1) is 0 Å². The Hall–Kier alpha value is -2.25. The first-order valence-electron chi connectivity index (χ1n) is 5.00. The Bertz CT molecular complexity index is 487. The largest absolute Gasteiger partial charge is 0.497 e. The molecule has 0 saturated carbocycles. The molecule has 0 saturated heterocycles. The number of benzene rings is 1. The summed E-state index contributed by atoms with van der Waals surface area (Å²) in [5, 5.41) is 8.59. The molecule has 0 fully saturated rings. The SMILES string of the molecule is COc1cccc(N(CC(=O)O)C(=O)C(F)(F)F)c1. The summed E-state index contributed by atoms with van der Waals surface area (Å²) >= 11 is 0. The van der Waals surface area contributed by atoms with Crippen LogP contribution in [0.3, 0.4) is 0 Å². The number of hydrogen-bond donors (Lipinski definition) is 1. The first kappa shape index (κ1) is 14.8. The van der Waals surface area contributed by atoms with Gasteiger partial charge >= 0.3 is 18.1 Å². The first-order chi connectivity index (χ1) is 8.75. The van der Waals surface area contributed by atoms with Gasteiger partial charge in [-0.3, -0.25) is 14.5 Å². The van der Waals surface area contributed by atoms with Crippen molar-refractivity contribution in [2.45, 2.75) is 6.18 Å². The van der Waals surface area contributed by atoms with Gasteiger partial charge in [0.1, 0.15) is 12.3 Å². The molecular formula is C11H10F3NO4. The van der Waals surface area contributed by atoms with Gasteiger partial charge in [0.25, 0.3) is 0 Å². The third kappa shape index (κ3) is 3.87. The standard InChI is InChI=1S/C11H10F3NO4/c1-19-8-4-2-3-7(5-8)15(6-9(16)17)10(18)11(12,13)14/h2-5H,6H2,1H3,(H,16,17). The van der Waals surface area contributed by atoms with E-state index in [1.807, 2.05) is 0 Å². The Morgan fingerprint density at radius 1 is 1.37 bits per heavy atom. The second-order valence-electron chi connectivity index (χ2n) is 3.48. The highest BCUT2D eigenvalue weighted by Gasteiger charge is 2.43. The van der Waals surface area contributed by atoms with Gasteiger partial charge in [-0.25, -0.2) is 0 Å². The molecule has 0 radical (unpaired) electrons. The topological polar surface area (TPSA) is 66.8 Å². The van der Waals surface area contributed by atoms with E-state index in [1.54, 1.807) is 0 Å². The monoisotopic (exact) mass is 277 g/mol. The maximum absolute atomic E-state index is 12.4. The van der Waals surface area contributed by atoms with Crippen LogP contribution in [0.4, 0.5) is 18.9 Å². The van der Waals surface area contributed by atoms with Gasteiger partial charge in [-0.05, 0) is 12.1 Å². The highest BCUT2D eigenvalue weighted by Crippen LogP contribution is 2.26. The zero-order valence-electron chi connectivity index (χ0n) is 9.77. The molecule has 0 atom stereocenters. The van der Waals surface area contributed by atoms with Crippen molar-refractivity contribution in [3.63, 3.8) is 0 Å². The number of amides is 1. The number of carbonyl (C=O) groups excluding carboxylic acids is 1. The molecule has 5 nitrogen and oxygen atoms in total. The van der Waals surface area contributed by atoms with Crippen molar-refractivity contribution in [2.24, 2.45) is 0 Å². The number of nitrogens with zero attached hydrogens (tertiary/aromatic N) is 1. The number of alkyl halides is 3.